The highest BCUT2D eigenvalue weighted by molar-refractivity contribution is 5.86. The molecule has 1 heterocycles. The number of ether oxygens (including phenoxy) is 1. The van der Waals surface area contributed by atoms with Gasteiger partial charge >= 0.3 is 0 Å². The molecular formula is C19H18N4O4. The summed E-state index contributed by atoms with van der Waals surface area (Å²) >= 11 is 0. The number of nitrogens with zero attached hydrogens (tertiary/aromatic N) is 2. The predicted octanol–water partition coefficient (Wildman–Crippen LogP) is 1.72. The van der Waals surface area contributed by atoms with Crippen molar-refractivity contribution in [3.05, 3.63) is 64.1 Å². The first-order valence-corrected chi connectivity index (χ1v) is 8.24. The average Bonchev–Trinajstić information content (AvgIpc) is 2.67. The zero-order valence-corrected chi connectivity index (χ0v) is 14.6. The summed E-state index contributed by atoms with van der Waals surface area (Å²) in [6.07, 6.45) is 1.55. The van der Waals surface area contributed by atoms with Gasteiger partial charge in [-0.25, -0.2) is 10.4 Å². The molecule has 0 spiro atoms. The summed E-state index contributed by atoms with van der Waals surface area (Å²) in [6, 6.07) is 12.1. The molecule has 0 saturated carbocycles. The van der Waals surface area contributed by atoms with Crippen molar-refractivity contribution in [3.8, 4) is 11.5 Å². The molecule has 138 valence electrons. The molecule has 0 bridgehead atoms. The van der Waals surface area contributed by atoms with Crippen LogP contribution in [0, 0.1) is 0 Å². The summed E-state index contributed by atoms with van der Waals surface area (Å²) in [7, 11) is 1.44. The second kappa shape index (κ2) is 8.13. The van der Waals surface area contributed by atoms with Gasteiger partial charge in [-0.1, -0.05) is 18.2 Å². The van der Waals surface area contributed by atoms with Gasteiger partial charge in [0.15, 0.2) is 11.5 Å². The Morgan fingerprint density at radius 1 is 1.30 bits per heavy atom. The maximum absolute atomic E-state index is 12.0. The van der Waals surface area contributed by atoms with Crippen LogP contribution in [0.5, 0.6) is 11.5 Å². The van der Waals surface area contributed by atoms with Crippen molar-refractivity contribution in [1.82, 2.24) is 15.4 Å². The molecule has 3 aromatic rings. The van der Waals surface area contributed by atoms with Gasteiger partial charge in [0.25, 0.3) is 5.56 Å². The van der Waals surface area contributed by atoms with Gasteiger partial charge in [0.2, 0.25) is 5.91 Å². The lowest BCUT2D eigenvalue weighted by atomic mass is 10.2. The quantitative estimate of drug-likeness (QED) is 0.454. The largest absolute Gasteiger partial charge is 0.504 e. The molecule has 27 heavy (non-hydrogen) atoms. The van der Waals surface area contributed by atoms with E-state index in [4.69, 9.17) is 4.74 Å². The van der Waals surface area contributed by atoms with Gasteiger partial charge in [-0.05, 0) is 24.3 Å². The fourth-order valence-electron chi connectivity index (χ4n) is 2.51. The topological polar surface area (TPSA) is 117 Å². The number of benzene rings is 2. The van der Waals surface area contributed by atoms with Crippen LogP contribution in [0.1, 0.15) is 17.7 Å². The minimum Gasteiger partial charge on any atom is -0.504 e. The van der Waals surface area contributed by atoms with Crippen LogP contribution in [0.3, 0.4) is 0 Å². The van der Waals surface area contributed by atoms with E-state index in [9.17, 15) is 14.7 Å². The Balaban J connectivity index is 1.60. The third kappa shape index (κ3) is 4.30. The number of hydrazone groups is 1. The van der Waals surface area contributed by atoms with E-state index in [0.29, 0.717) is 28.0 Å². The van der Waals surface area contributed by atoms with Gasteiger partial charge < -0.3 is 14.8 Å². The highest BCUT2D eigenvalue weighted by Crippen LogP contribution is 2.27. The molecule has 0 aliphatic heterocycles. The van der Waals surface area contributed by atoms with Crippen LogP contribution in [0.25, 0.3) is 11.0 Å². The van der Waals surface area contributed by atoms with Gasteiger partial charge in [-0.3, -0.25) is 9.59 Å². The molecule has 0 fully saturated rings. The van der Waals surface area contributed by atoms with Gasteiger partial charge in [-0.2, -0.15) is 5.10 Å². The number of rotatable bonds is 6. The van der Waals surface area contributed by atoms with Crippen LogP contribution in [-0.4, -0.2) is 34.3 Å². The molecule has 1 aromatic heterocycles. The summed E-state index contributed by atoms with van der Waals surface area (Å²) in [5, 5.41) is 13.8. The zero-order chi connectivity index (χ0) is 19.2. The lowest BCUT2D eigenvalue weighted by Gasteiger charge is -2.05. The Morgan fingerprint density at radius 3 is 2.93 bits per heavy atom. The molecule has 0 atom stereocenters. The van der Waals surface area contributed by atoms with Gasteiger partial charge in [0.1, 0.15) is 5.69 Å². The summed E-state index contributed by atoms with van der Waals surface area (Å²) < 4.78 is 5.00. The van der Waals surface area contributed by atoms with Crippen molar-refractivity contribution in [2.75, 3.05) is 7.11 Å². The molecule has 8 heteroatoms. The third-order valence-corrected chi connectivity index (χ3v) is 3.90. The van der Waals surface area contributed by atoms with E-state index < -0.39 is 0 Å². The molecule has 8 nitrogen and oxygen atoms in total. The fraction of sp³-hybridized carbons (Fsp3) is 0.158. The monoisotopic (exact) mass is 366 g/mol. The SMILES string of the molecule is COc1cccc(/C=N/NC(=O)CCc2nc3ccccc3[nH]c2=O)c1O. The van der Waals surface area contributed by atoms with E-state index in [0.717, 1.165) is 0 Å². The first-order valence-electron chi connectivity index (χ1n) is 8.24. The number of carbonyl (C=O) groups is 1. The number of aryl methyl sites for hydroxylation is 1. The van der Waals surface area contributed by atoms with Crippen molar-refractivity contribution in [3.63, 3.8) is 0 Å². The summed E-state index contributed by atoms with van der Waals surface area (Å²) in [6.45, 7) is 0. The predicted molar refractivity (Wildman–Crippen MR) is 101 cm³/mol. The van der Waals surface area contributed by atoms with E-state index in [1.165, 1.54) is 13.3 Å². The number of hydrogen-bond acceptors (Lipinski definition) is 6. The van der Waals surface area contributed by atoms with Crippen LogP contribution >= 0.6 is 0 Å². The normalized spacial score (nSPS) is 11.0. The number of hydrogen-bond donors (Lipinski definition) is 3. The number of amides is 1. The van der Waals surface area contributed by atoms with E-state index >= 15 is 0 Å². The fourth-order valence-corrected chi connectivity index (χ4v) is 2.51. The number of phenolic OH excluding ortho intramolecular Hbond substituents is 1. The van der Waals surface area contributed by atoms with Gasteiger partial charge in [0, 0.05) is 18.4 Å². The van der Waals surface area contributed by atoms with Crippen LogP contribution in [0.15, 0.2) is 52.4 Å². The molecule has 1 amide bonds. The molecule has 0 saturated heterocycles. The lowest BCUT2D eigenvalue weighted by Crippen LogP contribution is -2.21. The number of carbonyl (C=O) groups excluding carboxylic acids is 1. The van der Waals surface area contributed by atoms with E-state index in [2.05, 4.69) is 20.5 Å². The first kappa shape index (κ1) is 18.1. The molecule has 0 radical (unpaired) electrons. The zero-order valence-electron chi connectivity index (χ0n) is 14.6. The van der Waals surface area contributed by atoms with Crippen molar-refractivity contribution in [2.45, 2.75) is 12.8 Å². The number of methoxy groups -OCH3 is 1. The van der Waals surface area contributed by atoms with Crippen molar-refractivity contribution < 1.29 is 14.6 Å². The Hall–Kier alpha value is -3.68. The van der Waals surface area contributed by atoms with Crippen LogP contribution in [-0.2, 0) is 11.2 Å². The van der Waals surface area contributed by atoms with E-state index in [1.807, 2.05) is 12.1 Å². The minimum atomic E-state index is -0.372. The number of H-pyrrole nitrogens is 1. The number of nitrogens with one attached hydrogen (secondary N) is 2. The highest BCUT2D eigenvalue weighted by Gasteiger charge is 2.08. The van der Waals surface area contributed by atoms with Crippen molar-refractivity contribution in [2.24, 2.45) is 5.10 Å². The first-order chi connectivity index (χ1) is 13.1. The number of aromatic hydroxyl groups is 1. The lowest BCUT2D eigenvalue weighted by molar-refractivity contribution is -0.121. The minimum absolute atomic E-state index is 0.0514. The number of aromatic amines is 1. The van der Waals surface area contributed by atoms with Crippen LogP contribution in [0.4, 0.5) is 0 Å². The van der Waals surface area contributed by atoms with E-state index in [1.54, 1.807) is 30.3 Å². The standard InChI is InChI=1S/C19H18N4O4/c1-27-16-8-4-5-12(18(16)25)11-20-23-17(24)10-9-15-19(26)22-14-7-3-2-6-13(14)21-15/h2-8,11,25H,9-10H2,1H3,(H,22,26)(H,23,24)/b20-11+. The third-order valence-electron chi connectivity index (χ3n) is 3.90. The Kier molecular flexibility index (Phi) is 5.46. The number of aromatic nitrogens is 2. The summed E-state index contributed by atoms with van der Waals surface area (Å²) in [4.78, 5) is 31.0. The van der Waals surface area contributed by atoms with Crippen molar-refractivity contribution >= 4 is 23.2 Å². The molecule has 0 aliphatic rings. The van der Waals surface area contributed by atoms with Crippen LogP contribution in [0.2, 0.25) is 0 Å². The van der Waals surface area contributed by atoms with E-state index in [-0.39, 0.29) is 30.1 Å². The Morgan fingerprint density at radius 2 is 2.11 bits per heavy atom. The Bertz CT molecular complexity index is 1060. The molecular weight excluding hydrogens is 348 g/mol. The summed E-state index contributed by atoms with van der Waals surface area (Å²) in [5.74, 6) is -0.125. The summed E-state index contributed by atoms with van der Waals surface area (Å²) in [5.41, 5.74) is 4.06. The molecule has 3 rings (SSSR count). The maximum atomic E-state index is 12.0. The second-order valence-electron chi connectivity index (χ2n) is 5.72. The highest BCUT2D eigenvalue weighted by atomic mass is 16.5. The smallest absolute Gasteiger partial charge is 0.270 e. The average molecular weight is 366 g/mol. The Labute approximate surface area is 154 Å². The number of fused-ring (bicyclic) bond motifs is 1. The van der Waals surface area contributed by atoms with Crippen molar-refractivity contribution in [1.29, 1.82) is 0 Å². The van der Waals surface area contributed by atoms with Crippen LogP contribution < -0.4 is 15.7 Å². The molecule has 3 N–H and O–H groups in total. The molecule has 2 aromatic carbocycles. The molecule has 0 unspecified atom stereocenters. The number of phenols is 1. The van der Waals surface area contributed by atoms with Gasteiger partial charge in [-0.15, -0.1) is 0 Å². The second-order valence-corrected chi connectivity index (χ2v) is 5.72. The number of para-hydroxylation sites is 3. The maximum Gasteiger partial charge on any atom is 0.270 e. The molecule has 0 aliphatic carbocycles. The van der Waals surface area contributed by atoms with Gasteiger partial charge in [0.05, 0.1) is 24.4 Å².